The van der Waals surface area contributed by atoms with Crippen molar-refractivity contribution < 1.29 is 14.4 Å². The molecule has 3 aliphatic rings. The van der Waals surface area contributed by atoms with Crippen LogP contribution in [0, 0.1) is 40.9 Å². The molecule has 0 radical (unpaired) electrons. The predicted molar refractivity (Wildman–Crippen MR) is 178 cm³/mol. The van der Waals surface area contributed by atoms with Crippen molar-refractivity contribution in [3.8, 4) is 0 Å². The highest BCUT2D eigenvalue weighted by Crippen LogP contribution is 2.40. The van der Waals surface area contributed by atoms with Gasteiger partial charge in [0, 0.05) is 34.8 Å². The zero-order valence-corrected chi connectivity index (χ0v) is 27.7. The van der Waals surface area contributed by atoms with Gasteiger partial charge in [-0.1, -0.05) is 60.3 Å². The van der Waals surface area contributed by atoms with E-state index in [0.29, 0.717) is 23.0 Å². The summed E-state index contributed by atoms with van der Waals surface area (Å²) in [5.74, 6) is 2.28. The fraction of sp³-hybridized carbons (Fsp3) is 0.757. The maximum Gasteiger partial charge on any atom is 0.227 e. The first-order valence-electron chi connectivity index (χ1n) is 17.6. The van der Waals surface area contributed by atoms with Crippen LogP contribution in [0.2, 0.25) is 0 Å². The van der Waals surface area contributed by atoms with E-state index in [0.717, 1.165) is 88.9 Å². The molecule has 1 aromatic carbocycles. The van der Waals surface area contributed by atoms with Crippen LogP contribution in [0.15, 0.2) is 18.2 Å². The monoisotopic (exact) mass is 593 g/mol. The molecule has 0 spiro atoms. The molecular formula is C37H59N3O3. The summed E-state index contributed by atoms with van der Waals surface area (Å²) in [6.45, 7) is 11.3. The molecule has 0 saturated heterocycles. The van der Waals surface area contributed by atoms with Gasteiger partial charge in [-0.25, -0.2) is 0 Å². The first-order chi connectivity index (χ1) is 20.5. The molecule has 0 unspecified atom stereocenters. The Labute approximate surface area is 261 Å². The minimum Gasteiger partial charge on any atom is -0.326 e. The van der Waals surface area contributed by atoms with Gasteiger partial charge in [0.1, 0.15) is 0 Å². The van der Waals surface area contributed by atoms with E-state index in [1.807, 2.05) is 18.2 Å². The van der Waals surface area contributed by atoms with Crippen LogP contribution in [0.1, 0.15) is 137 Å². The number of anilines is 3. The zero-order chi connectivity index (χ0) is 31.0. The van der Waals surface area contributed by atoms with Crippen LogP contribution in [-0.2, 0) is 14.4 Å². The van der Waals surface area contributed by atoms with Crippen LogP contribution in [0.3, 0.4) is 0 Å². The maximum atomic E-state index is 13.4. The highest BCUT2D eigenvalue weighted by atomic mass is 16.2. The number of benzene rings is 1. The molecule has 3 N–H and O–H groups in total. The van der Waals surface area contributed by atoms with Crippen molar-refractivity contribution in [2.45, 2.75) is 137 Å². The summed E-state index contributed by atoms with van der Waals surface area (Å²) >= 11 is 0. The van der Waals surface area contributed by atoms with E-state index in [1.54, 1.807) is 0 Å². The van der Waals surface area contributed by atoms with Crippen LogP contribution in [0.25, 0.3) is 0 Å². The molecule has 3 aliphatic carbocycles. The average Bonchev–Trinajstić information content (AvgIpc) is 2.97. The van der Waals surface area contributed by atoms with Crippen LogP contribution in [0.5, 0.6) is 0 Å². The van der Waals surface area contributed by atoms with E-state index in [4.69, 9.17) is 0 Å². The fourth-order valence-corrected chi connectivity index (χ4v) is 8.04. The standard InChI is InChI=1S/C37H59N3O3/c1-6-8-25-10-14-27(15-11-25)34(41)38-31-22-32(39-35(42)28-16-12-26(9-7-2)13-17-28)24-33(23-31)40-36(43)29-18-20-30(21-19-29)37(3,4)5/h22-30H,6-21H2,1-5H3,(H,38,41)(H,39,42)(H,40,43)/t25-,26-,27+,28+,29-,30-. The molecule has 6 heteroatoms. The maximum absolute atomic E-state index is 13.4. The lowest BCUT2D eigenvalue weighted by molar-refractivity contribution is -0.122. The van der Waals surface area contributed by atoms with E-state index in [2.05, 4.69) is 50.6 Å². The smallest absolute Gasteiger partial charge is 0.227 e. The molecule has 4 rings (SSSR count). The van der Waals surface area contributed by atoms with E-state index < -0.39 is 0 Å². The lowest BCUT2D eigenvalue weighted by Gasteiger charge is -2.36. The number of hydrogen-bond donors (Lipinski definition) is 3. The topological polar surface area (TPSA) is 87.3 Å². The summed E-state index contributed by atoms with van der Waals surface area (Å²) < 4.78 is 0. The van der Waals surface area contributed by atoms with E-state index in [-0.39, 0.29) is 40.9 Å². The Hall–Kier alpha value is -2.37. The lowest BCUT2D eigenvalue weighted by atomic mass is 9.69. The van der Waals surface area contributed by atoms with Crippen LogP contribution >= 0.6 is 0 Å². The van der Waals surface area contributed by atoms with Crippen LogP contribution in [-0.4, -0.2) is 17.7 Å². The highest BCUT2D eigenvalue weighted by molar-refractivity contribution is 5.99. The predicted octanol–water partition coefficient (Wildman–Crippen LogP) is 9.57. The Morgan fingerprint density at radius 1 is 0.558 bits per heavy atom. The second-order valence-corrected chi connectivity index (χ2v) is 15.2. The summed E-state index contributed by atoms with van der Waals surface area (Å²) in [6, 6.07) is 5.56. The Morgan fingerprint density at radius 3 is 1.14 bits per heavy atom. The summed E-state index contributed by atoms with van der Waals surface area (Å²) in [4.78, 5) is 40.0. The molecular weight excluding hydrogens is 534 g/mol. The Balaban J connectivity index is 1.43. The number of hydrogen-bond acceptors (Lipinski definition) is 3. The van der Waals surface area contributed by atoms with Crippen LogP contribution in [0.4, 0.5) is 17.1 Å². The van der Waals surface area contributed by atoms with Gasteiger partial charge >= 0.3 is 0 Å². The first-order valence-corrected chi connectivity index (χ1v) is 17.6. The molecule has 0 heterocycles. The molecule has 6 nitrogen and oxygen atoms in total. The average molecular weight is 594 g/mol. The molecule has 1 aromatic rings. The number of rotatable bonds is 10. The van der Waals surface area contributed by atoms with Gasteiger partial charge in [0.2, 0.25) is 17.7 Å². The molecule has 0 aromatic heterocycles. The SMILES string of the molecule is CCC[C@H]1CC[C@@H](C(=O)Nc2cc(NC(=O)[C@H]3CC[C@@H](CCC)CC3)cc(NC(=O)[C@H]3CC[C@H](C(C)(C)C)CC3)c2)CC1. The summed E-state index contributed by atoms with van der Waals surface area (Å²) in [5, 5.41) is 9.44. The van der Waals surface area contributed by atoms with Gasteiger partial charge in [-0.15, -0.1) is 0 Å². The second kappa shape index (κ2) is 15.6. The minimum absolute atomic E-state index is 0.00787. The Bertz CT molecular complexity index is 1010. The highest BCUT2D eigenvalue weighted by Gasteiger charge is 2.33. The van der Waals surface area contributed by atoms with Crippen molar-refractivity contribution in [1.29, 1.82) is 0 Å². The van der Waals surface area contributed by atoms with Crippen molar-refractivity contribution in [1.82, 2.24) is 0 Å². The normalized spacial score (nSPS) is 28.1. The van der Waals surface area contributed by atoms with E-state index in [1.165, 1.54) is 25.7 Å². The van der Waals surface area contributed by atoms with Gasteiger partial charge in [0.15, 0.2) is 0 Å². The van der Waals surface area contributed by atoms with Crippen molar-refractivity contribution in [2.24, 2.45) is 40.9 Å². The van der Waals surface area contributed by atoms with E-state index in [9.17, 15) is 14.4 Å². The number of carbonyl (C=O) groups excluding carboxylic acids is 3. The fourth-order valence-electron chi connectivity index (χ4n) is 8.04. The second-order valence-electron chi connectivity index (χ2n) is 15.2. The van der Waals surface area contributed by atoms with Gasteiger partial charge in [0.05, 0.1) is 0 Å². The molecule has 3 fully saturated rings. The number of nitrogens with one attached hydrogen (secondary N) is 3. The lowest BCUT2D eigenvalue weighted by Crippen LogP contribution is -2.31. The van der Waals surface area contributed by atoms with Crippen molar-refractivity contribution in [2.75, 3.05) is 16.0 Å². The van der Waals surface area contributed by atoms with Crippen molar-refractivity contribution >= 4 is 34.8 Å². The third kappa shape index (κ3) is 9.81. The first kappa shape index (κ1) is 33.5. The third-order valence-corrected chi connectivity index (χ3v) is 10.9. The Kier molecular flexibility index (Phi) is 12.1. The zero-order valence-electron chi connectivity index (χ0n) is 27.7. The van der Waals surface area contributed by atoms with Gasteiger partial charge in [0.25, 0.3) is 0 Å². The van der Waals surface area contributed by atoms with Gasteiger partial charge in [-0.05, 0) is 118 Å². The van der Waals surface area contributed by atoms with Gasteiger partial charge in [-0.2, -0.15) is 0 Å². The minimum atomic E-state index is -0.00787. The quantitative estimate of drug-likeness (QED) is 0.252. The molecule has 3 saturated carbocycles. The van der Waals surface area contributed by atoms with Crippen LogP contribution < -0.4 is 16.0 Å². The molecule has 0 atom stereocenters. The largest absolute Gasteiger partial charge is 0.326 e. The van der Waals surface area contributed by atoms with E-state index >= 15 is 0 Å². The van der Waals surface area contributed by atoms with Gasteiger partial charge < -0.3 is 16.0 Å². The molecule has 3 amide bonds. The molecule has 0 bridgehead atoms. The number of amides is 3. The Morgan fingerprint density at radius 2 is 0.860 bits per heavy atom. The van der Waals surface area contributed by atoms with Crippen molar-refractivity contribution in [3.63, 3.8) is 0 Å². The number of carbonyl (C=O) groups is 3. The van der Waals surface area contributed by atoms with Crippen molar-refractivity contribution in [3.05, 3.63) is 18.2 Å². The van der Waals surface area contributed by atoms with Gasteiger partial charge in [-0.3, -0.25) is 14.4 Å². The molecule has 0 aliphatic heterocycles. The molecule has 240 valence electrons. The molecule has 43 heavy (non-hydrogen) atoms. The summed E-state index contributed by atoms with van der Waals surface area (Å²) in [7, 11) is 0. The summed E-state index contributed by atoms with van der Waals surface area (Å²) in [6.07, 6.45) is 17.0. The third-order valence-electron chi connectivity index (χ3n) is 10.9. The summed E-state index contributed by atoms with van der Waals surface area (Å²) in [5.41, 5.74) is 2.18.